The van der Waals surface area contributed by atoms with Gasteiger partial charge in [0.25, 0.3) is 0 Å². The van der Waals surface area contributed by atoms with Crippen molar-refractivity contribution in [3.05, 3.63) is 0 Å². The van der Waals surface area contributed by atoms with Crippen LogP contribution in [0.4, 0.5) is 0 Å². The van der Waals surface area contributed by atoms with Crippen LogP contribution in [0.25, 0.3) is 0 Å². The van der Waals surface area contributed by atoms with E-state index in [1.54, 1.807) is 0 Å². The Bertz CT molecular complexity index is 217. The zero-order valence-electron chi connectivity index (χ0n) is 8.70. The second-order valence-electron chi connectivity index (χ2n) is 4.37. The number of hydrogen-bond acceptors (Lipinski definition) is 3. The van der Waals surface area contributed by atoms with Crippen molar-refractivity contribution in [3.8, 4) is 0 Å². The van der Waals surface area contributed by atoms with Crippen LogP contribution in [0.2, 0.25) is 0 Å². The normalized spacial score (nSPS) is 42.9. The van der Waals surface area contributed by atoms with Gasteiger partial charge in [-0.05, 0) is 25.7 Å². The third kappa shape index (κ3) is 1.84. The quantitative estimate of drug-likeness (QED) is 0.633. The number of rotatable bonds is 2. The first kappa shape index (κ1) is 10.1. The Morgan fingerprint density at radius 2 is 2.36 bits per heavy atom. The van der Waals surface area contributed by atoms with Gasteiger partial charge in [-0.15, -0.1) is 0 Å². The molecule has 2 saturated heterocycles. The first-order chi connectivity index (χ1) is 6.78. The number of ether oxygens (including phenoxy) is 2. The molecule has 0 bridgehead atoms. The second kappa shape index (κ2) is 3.99. The maximum atomic E-state index is 10.6. The van der Waals surface area contributed by atoms with E-state index in [1.807, 2.05) is 0 Å². The van der Waals surface area contributed by atoms with Crippen LogP contribution in [0.3, 0.4) is 0 Å². The lowest BCUT2D eigenvalue weighted by Crippen LogP contribution is -2.40. The molecule has 3 atom stereocenters. The van der Waals surface area contributed by atoms with Crippen LogP contribution < -0.4 is 0 Å². The van der Waals surface area contributed by atoms with Crippen molar-refractivity contribution in [1.82, 2.24) is 0 Å². The van der Waals surface area contributed by atoms with Gasteiger partial charge in [0.05, 0.1) is 11.7 Å². The Labute approximate surface area is 84.8 Å². The molecule has 2 rings (SSSR count). The fourth-order valence-corrected chi connectivity index (χ4v) is 2.52. The van der Waals surface area contributed by atoms with Crippen LogP contribution in [-0.4, -0.2) is 30.7 Å². The summed E-state index contributed by atoms with van der Waals surface area (Å²) in [6.07, 6.45) is 5.97. The van der Waals surface area contributed by atoms with Crippen molar-refractivity contribution in [1.29, 1.82) is 0 Å². The molecular formula is C11H18O3. The molecule has 0 aliphatic carbocycles. The zero-order valence-corrected chi connectivity index (χ0v) is 8.70. The minimum absolute atomic E-state index is 0.0372. The van der Waals surface area contributed by atoms with Crippen molar-refractivity contribution in [2.75, 3.05) is 6.61 Å². The second-order valence-corrected chi connectivity index (χ2v) is 4.37. The molecule has 1 spiro atoms. The highest BCUT2D eigenvalue weighted by atomic mass is 16.5. The van der Waals surface area contributed by atoms with Gasteiger partial charge < -0.3 is 14.3 Å². The van der Waals surface area contributed by atoms with Gasteiger partial charge in [-0.25, -0.2) is 0 Å². The average molecular weight is 198 g/mol. The van der Waals surface area contributed by atoms with Crippen molar-refractivity contribution in [2.45, 2.75) is 56.8 Å². The molecule has 2 heterocycles. The highest BCUT2D eigenvalue weighted by molar-refractivity contribution is 5.56. The molecule has 14 heavy (non-hydrogen) atoms. The Balaban J connectivity index is 1.98. The Morgan fingerprint density at radius 1 is 1.50 bits per heavy atom. The summed E-state index contributed by atoms with van der Waals surface area (Å²) in [5, 5.41) is 0. The standard InChI is InChI=1S/C11H18O3/c1-2-9-7-11(5-6-13-9)4-3-10(8-12)14-11/h8-10H,2-7H2,1H3. The number of carbonyl (C=O) groups is 1. The first-order valence-corrected chi connectivity index (χ1v) is 5.53. The lowest BCUT2D eigenvalue weighted by Gasteiger charge is -2.37. The minimum Gasteiger partial charge on any atom is -0.378 e. The number of aldehydes is 1. The van der Waals surface area contributed by atoms with Crippen LogP contribution in [-0.2, 0) is 14.3 Å². The van der Waals surface area contributed by atoms with E-state index < -0.39 is 0 Å². The molecule has 2 aliphatic rings. The Hall–Kier alpha value is -0.410. The molecule has 0 amide bonds. The Morgan fingerprint density at radius 3 is 3.00 bits per heavy atom. The minimum atomic E-state index is -0.161. The van der Waals surface area contributed by atoms with Gasteiger partial charge in [0.15, 0.2) is 0 Å². The fraction of sp³-hybridized carbons (Fsp3) is 0.909. The molecular weight excluding hydrogens is 180 g/mol. The fourth-order valence-electron chi connectivity index (χ4n) is 2.52. The molecule has 3 heteroatoms. The van der Waals surface area contributed by atoms with Gasteiger partial charge in [-0.3, -0.25) is 0 Å². The summed E-state index contributed by atoms with van der Waals surface area (Å²) in [4.78, 5) is 10.6. The molecule has 0 aromatic heterocycles. The first-order valence-electron chi connectivity index (χ1n) is 5.53. The molecule has 0 saturated carbocycles. The van der Waals surface area contributed by atoms with Gasteiger partial charge in [-0.1, -0.05) is 6.92 Å². The molecule has 0 aromatic carbocycles. The molecule has 80 valence electrons. The van der Waals surface area contributed by atoms with Gasteiger partial charge >= 0.3 is 0 Å². The SMILES string of the molecule is CCC1CC2(CCO1)CCC(C=O)O2. The number of carbonyl (C=O) groups excluding carboxylic acids is 1. The van der Waals surface area contributed by atoms with Gasteiger partial charge in [0.1, 0.15) is 12.4 Å². The zero-order chi connectivity index (χ0) is 10.0. The topological polar surface area (TPSA) is 35.5 Å². The third-order valence-electron chi connectivity index (χ3n) is 3.40. The summed E-state index contributed by atoms with van der Waals surface area (Å²) >= 11 is 0. The van der Waals surface area contributed by atoms with Crippen molar-refractivity contribution < 1.29 is 14.3 Å². The lowest BCUT2D eigenvalue weighted by molar-refractivity contribution is -0.143. The van der Waals surface area contributed by atoms with Crippen LogP contribution >= 0.6 is 0 Å². The molecule has 0 radical (unpaired) electrons. The Kier molecular flexibility index (Phi) is 2.88. The average Bonchev–Trinajstić information content (AvgIpc) is 2.61. The van der Waals surface area contributed by atoms with Crippen molar-refractivity contribution in [2.24, 2.45) is 0 Å². The van der Waals surface area contributed by atoms with E-state index in [-0.39, 0.29) is 11.7 Å². The van der Waals surface area contributed by atoms with Gasteiger partial charge in [0.2, 0.25) is 0 Å². The predicted molar refractivity (Wildman–Crippen MR) is 52.2 cm³/mol. The van der Waals surface area contributed by atoms with E-state index in [4.69, 9.17) is 9.47 Å². The van der Waals surface area contributed by atoms with Crippen molar-refractivity contribution >= 4 is 6.29 Å². The highest BCUT2D eigenvalue weighted by Gasteiger charge is 2.43. The smallest absolute Gasteiger partial charge is 0.148 e. The molecule has 0 aromatic rings. The largest absolute Gasteiger partial charge is 0.378 e. The maximum absolute atomic E-state index is 10.6. The lowest BCUT2D eigenvalue weighted by atomic mass is 9.87. The van der Waals surface area contributed by atoms with E-state index >= 15 is 0 Å². The summed E-state index contributed by atoms with van der Waals surface area (Å²) in [5.41, 5.74) is -0.0372. The van der Waals surface area contributed by atoms with Crippen molar-refractivity contribution in [3.63, 3.8) is 0 Å². The predicted octanol–water partition coefficient (Wildman–Crippen LogP) is 1.69. The summed E-state index contributed by atoms with van der Waals surface area (Å²) in [6.45, 7) is 2.92. The summed E-state index contributed by atoms with van der Waals surface area (Å²) in [7, 11) is 0. The third-order valence-corrected chi connectivity index (χ3v) is 3.40. The van der Waals surface area contributed by atoms with E-state index in [9.17, 15) is 4.79 Å². The highest BCUT2D eigenvalue weighted by Crippen LogP contribution is 2.40. The van der Waals surface area contributed by atoms with E-state index in [2.05, 4.69) is 6.92 Å². The number of hydrogen-bond donors (Lipinski definition) is 0. The van der Waals surface area contributed by atoms with Crippen LogP contribution in [0.1, 0.15) is 39.0 Å². The van der Waals surface area contributed by atoms with E-state index in [1.165, 1.54) is 0 Å². The molecule has 2 fully saturated rings. The van der Waals surface area contributed by atoms with Crippen LogP contribution in [0.15, 0.2) is 0 Å². The maximum Gasteiger partial charge on any atom is 0.148 e. The van der Waals surface area contributed by atoms with Gasteiger partial charge in [-0.2, -0.15) is 0 Å². The van der Waals surface area contributed by atoms with Crippen LogP contribution in [0, 0.1) is 0 Å². The summed E-state index contributed by atoms with van der Waals surface area (Å²) < 4.78 is 11.4. The molecule has 0 N–H and O–H groups in total. The van der Waals surface area contributed by atoms with E-state index in [0.717, 1.165) is 45.0 Å². The van der Waals surface area contributed by atoms with E-state index in [0.29, 0.717) is 6.10 Å². The van der Waals surface area contributed by atoms with Crippen LogP contribution in [0.5, 0.6) is 0 Å². The summed E-state index contributed by atoms with van der Waals surface area (Å²) in [5.74, 6) is 0. The summed E-state index contributed by atoms with van der Waals surface area (Å²) in [6, 6.07) is 0. The van der Waals surface area contributed by atoms with Gasteiger partial charge in [0, 0.05) is 13.0 Å². The monoisotopic (exact) mass is 198 g/mol. The molecule has 3 nitrogen and oxygen atoms in total. The molecule has 2 aliphatic heterocycles. The molecule has 3 unspecified atom stereocenters.